The summed E-state index contributed by atoms with van der Waals surface area (Å²) in [5.41, 5.74) is 0.733. The Hall–Kier alpha value is -2.77. The molecule has 1 heterocycles. The van der Waals surface area contributed by atoms with E-state index in [0.29, 0.717) is 24.4 Å². The van der Waals surface area contributed by atoms with Gasteiger partial charge in [-0.15, -0.1) is 0 Å². The van der Waals surface area contributed by atoms with Crippen LogP contribution in [-0.4, -0.2) is 36.8 Å². The lowest BCUT2D eigenvalue weighted by Gasteiger charge is -2.18. The predicted molar refractivity (Wildman–Crippen MR) is 103 cm³/mol. The van der Waals surface area contributed by atoms with Gasteiger partial charge in [-0.2, -0.15) is 4.31 Å². The summed E-state index contributed by atoms with van der Waals surface area (Å²) in [5.74, 6) is -0.306. The molecule has 3 aromatic rings. The van der Waals surface area contributed by atoms with E-state index >= 15 is 0 Å². The highest BCUT2D eigenvalue weighted by atomic mass is 32.2. The first-order valence-electron chi connectivity index (χ1n) is 8.63. The SMILES string of the molecule is CCN(CC)S(=O)(=O)c1cccc(C(=O)Oc2cccc3cccnc23)c1. The molecule has 0 aliphatic rings. The minimum absolute atomic E-state index is 0.0664. The van der Waals surface area contributed by atoms with Crippen molar-refractivity contribution in [1.82, 2.24) is 9.29 Å². The molecule has 140 valence electrons. The number of aromatic nitrogens is 1. The Labute approximate surface area is 158 Å². The molecule has 0 aliphatic carbocycles. The Balaban J connectivity index is 1.92. The van der Waals surface area contributed by atoms with Crippen molar-refractivity contribution in [3.05, 3.63) is 66.4 Å². The van der Waals surface area contributed by atoms with Gasteiger partial charge in [-0.1, -0.05) is 38.1 Å². The van der Waals surface area contributed by atoms with Crippen LogP contribution in [0, 0.1) is 0 Å². The van der Waals surface area contributed by atoms with E-state index in [9.17, 15) is 13.2 Å². The van der Waals surface area contributed by atoms with Gasteiger partial charge in [-0.25, -0.2) is 13.2 Å². The molecular weight excluding hydrogens is 364 g/mol. The van der Waals surface area contributed by atoms with Crippen LogP contribution in [0.3, 0.4) is 0 Å². The largest absolute Gasteiger partial charge is 0.421 e. The molecule has 2 aromatic carbocycles. The number of pyridine rings is 1. The Bertz CT molecular complexity index is 1070. The Kier molecular flexibility index (Phi) is 5.53. The first-order chi connectivity index (χ1) is 13.0. The van der Waals surface area contributed by atoms with Gasteiger partial charge in [-0.3, -0.25) is 4.98 Å². The molecule has 0 bridgehead atoms. The van der Waals surface area contributed by atoms with Crippen molar-refractivity contribution < 1.29 is 17.9 Å². The van der Waals surface area contributed by atoms with Gasteiger partial charge in [0.2, 0.25) is 10.0 Å². The molecule has 0 aliphatic heterocycles. The highest BCUT2D eigenvalue weighted by molar-refractivity contribution is 7.89. The van der Waals surface area contributed by atoms with Gasteiger partial charge in [0.1, 0.15) is 5.52 Å². The molecule has 0 spiro atoms. The van der Waals surface area contributed by atoms with Crippen molar-refractivity contribution in [2.75, 3.05) is 13.1 Å². The van der Waals surface area contributed by atoms with E-state index in [4.69, 9.17) is 4.74 Å². The second-order valence-electron chi connectivity index (χ2n) is 5.84. The maximum Gasteiger partial charge on any atom is 0.343 e. The number of nitrogens with zero attached hydrogens (tertiary/aromatic N) is 2. The fourth-order valence-electron chi connectivity index (χ4n) is 2.81. The normalized spacial score (nSPS) is 11.7. The van der Waals surface area contributed by atoms with E-state index < -0.39 is 16.0 Å². The van der Waals surface area contributed by atoms with Gasteiger partial charge < -0.3 is 4.74 Å². The van der Waals surface area contributed by atoms with Crippen LogP contribution >= 0.6 is 0 Å². The van der Waals surface area contributed by atoms with Crippen molar-refractivity contribution in [2.45, 2.75) is 18.7 Å². The lowest BCUT2D eigenvalue weighted by atomic mass is 10.2. The number of rotatable bonds is 6. The zero-order valence-electron chi connectivity index (χ0n) is 15.1. The van der Waals surface area contributed by atoms with Gasteiger partial charge in [-0.05, 0) is 30.3 Å². The number of ether oxygens (including phenoxy) is 1. The van der Waals surface area contributed by atoms with Crippen LogP contribution in [0.25, 0.3) is 10.9 Å². The zero-order valence-corrected chi connectivity index (χ0v) is 15.9. The van der Waals surface area contributed by atoms with Crippen LogP contribution in [0.1, 0.15) is 24.2 Å². The third-order valence-electron chi connectivity index (χ3n) is 4.21. The number of fused-ring (bicyclic) bond motifs is 1. The monoisotopic (exact) mass is 384 g/mol. The number of hydrogen-bond acceptors (Lipinski definition) is 5. The van der Waals surface area contributed by atoms with Crippen molar-refractivity contribution in [3.63, 3.8) is 0 Å². The number of carbonyl (C=O) groups excluding carboxylic acids is 1. The van der Waals surface area contributed by atoms with Gasteiger partial charge in [0.05, 0.1) is 10.5 Å². The smallest absolute Gasteiger partial charge is 0.343 e. The second kappa shape index (κ2) is 7.85. The van der Waals surface area contributed by atoms with E-state index in [1.54, 1.807) is 38.2 Å². The summed E-state index contributed by atoms with van der Waals surface area (Å²) in [7, 11) is -3.65. The predicted octanol–water partition coefficient (Wildman–Crippen LogP) is 3.48. The standard InChI is InChI=1S/C20H20N2O4S/c1-3-22(4-2)27(24,25)17-11-5-9-16(14-17)20(23)26-18-12-6-8-15-10-7-13-21-19(15)18/h5-14H,3-4H2,1-2H3. The fraction of sp³-hybridized carbons (Fsp3) is 0.200. The molecule has 6 nitrogen and oxygen atoms in total. The van der Waals surface area contributed by atoms with E-state index in [0.717, 1.165) is 5.39 Å². The van der Waals surface area contributed by atoms with Crippen LogP contribution in [0.4, 0.5) is 0 Å². The quantitative estimate of drug-likeness (QED) is 0.480. The minimum atomic E-state index is -3.65. The minimum Gasteiger partial charge on any atom is -0.421 e. The molecule has 0 N–H and O–H groups in total. The summed E-state index contributed by atoms with van der Waals surface area (Å²) in [6, 6.07) is 14.9. The van der Waals surface area contributed by atoms with E-state index in [1.165, 1.54) is 28.6 Å². The average molecular weight is 384 g/mol. The summed E-state index contributed by atoms with van der Waals surface area (Å²) in [5, 5.41) is 0.848. The second-order valence-corrected chi connectivity index (χ2v) is 7.78. The Morgan fingerprint density at radius 1 is 1.04 bits per heavy atom. The molecule has 0 saturated carbocycles. The molecule has 3 rings (SSSR count). The van der Waals surface area contributed by atoms with Gasteiger partial charge in [0.15, 0.2) is 5.75 Å². The molecule has 0 amide bonds. The summed E-state index contributed by atoms with van der Waals surface area (Å²) < 4.78 is 32.2. The number of benzene rings is 2. The Morgan fingerprint density at radius 3 is 2.48 bits per heavy atom. The van der Waals surface area contributed by atoms with Crippen molar-refractivity contribution in [2.24, 2.45) is 0 Å². The van der Waals surface area contributed by atoms with Gasteiger partial charge in [0.25, 0.3) is 0 Å². The van der Waals surface area contributed by atoms with Crippen LogP contribution in [-0.2, 0) is 10.0 Å². The van der Waals surface area contributed by atoms with Crippen molar-refractivity contribution in [1.29, 1.82) is 0 Å². The van der Waals surface area contributed by atoms with Gasteiger partial charge in [0, 0.05) is 24.7 Å². The molecule has 0 atom stereocenters. The molecule has 7 heteroatoms. The number of esters is 1. The van der Waals surface area contributed by atoms with E-state index in [-0.39, 0.29) is 10.5 Å². The number of hydrogen-bond donors (Lipinski definition) is 0. The number of carbonyl (C=O) groups is 1. The first-order valence-corrected chi connectivity index (χ1v) is 10.1. The van der Waals surface area contributed by atoms with E-state index in [2.05, 4.69) is 4.98 Å². The lowest BCUT2D eigenvalue weighted by Crippen LogP contribution is -2.30. The molecule has 0 unspecified atom stereocenters. The summed E-state index contributed by atoms with van der Waals surface area (Å²) >= 11 is 0. The van der Waals surface area contributed by atoms with Crippen LogP contribution in [0.5, 0.6) is 5.75 Å². The third-order valence-corrected chi connectivity index (χ3v) is 6.26. The molecule has 1 aromatic heterocycles. The van der Waals surface area contributed by atoms with Crippen molar-refractivity contribution >= 4 is 26.9 Å². The molecule has 0 radical (unpaired) electrons. The molecule has 27 heavy (non-hydrogen) atoms. The van der Waals surface area contributed by atoms with Crippen LogP contribution in [0.2, 0.25) is 0 Å². The van der Waals surface area contributed by atoms with Crippen LogP contribution < -0.4 is 4.74 Å². The van der Waals surface area contributed by atoms with Gasteiger partial charge >= 0.3 is 5.97 Å². The first kappa shape index (κ1) is 19.0. The number of para-hydroxylation sites is 1. The summed E-state index contributed by atoms with van der Waals surface area (Å²) in [6.45, 7) is 4.25. The molecule has 0 saturated heterocycles. The maximum absolute atomic E-state index is 12.7. The number of sulfonamides is 1. The zero-order chi connectivity index (χ0) is 19.4. The Morgan fingerprint density at radius 2 is 1.74 bits per heavy atom. The highest BCUT2D eigenvalue weighted by Crippen LogP contribution is 2.24. The highest BCUT2D eigenvalue weighted by Gasteiger charge is 2.23. The van der Waals surface area contributed by atoms with Crippen LogP contribution in [0.15, 0.2) is 65.7 Å². The maximum atomic E-state index is 12.7. The average Bonchev–Trinajstić information content (AvgIpc) is 2.69. The fourth-order valence-corrected chi connectivity index (χ4v) is 4.32. The summed E-state index contributed by atoms with van der Waals surface area (Å²) in [6.07, 6.45) is 1.62. The van der Waals surface area contributed by atoms with E-state index in [1.807, 2.05) is 12.1 Å². The molecular formula is C20H20N2O4S. The summed E-state index contributed by atoms with van der Waals surface area (Å²) in [4.78, 5) is 16.9. The molecule has 0 fully saturated rings. The topological polar surface area (TPSA) is 76.6 Å². The lowest BCUT2D eigenvalue weighted by molar-refractivity contribution is 0.0736. The van der Waals surface area contributed by atoms with Crippen molar-refractivity contribution in [3.8, 4) is 5.75 Å². The third kappa shape index (κ3) is 3.84.